The van der Waals surface area contributed by atoms with Gasteiger partial charge >= 0.3 is 6.61 Å². The molecule has 2 aliphatic rings. The van der Waals surface area contributed by atoms with E-state index in [-0.39, 0.29) is 23.7 Å². The largest absolute Gasteiger partial charge is 0.431 e. The number of hydrogen-bond acceptors (Lipinski definition) is 5. The van der Waals surface area contributed by atoms with E-state index < -0.39 is 6.61 Å². The van der Waals surface area contributed by atoms with Crippen molar-refractivity contribution in [2.75, 3.05) is 5.73 Å². The molecule has 0 unspecified atom stereocenters. The molecule has 3 N–H and O–H groups in total. The van der Waals surface area contributed by atoms with E-state index in [1.54, 1.807) is 0 Å². The van der Waals surface area contributed by atoms with Crippen LogP contribution in [-0.2, 0) is 0 Å². The van der Waals surface area contributed by atoms with Crippen LogP contribution in [0.4, 0.5) is 14.6 Å². The van der Waals surface area contributed by atoms with Crippen LogP contribution in [0.15, 0.2) is 18.3 Å². The van der Waals surface area contributed by atoms with Crippen LogP contribution in [-0.4, -0.2) is 32.6 Å². The molecule has 0 aliphatic heterocycles. The third kappa shape index (κ3) is 2.92. The fourth-order valence-corrected chi connectivity index (χ4v) is 4.25. The van der Waals surface area contributed by atoms with Gasteiger partial charge in [0.1, 0.15) is 0 Å². The van der Waals surface area contributed by atoms with Gasteiger partial charge in [-0.05, 0) is 50.7 Å². The summed E-state index contributed by atoms with van der Waals surface area (Å²) in [7, 11) is 0. The maximum atomic E-state index is 12.5. The average molecular weight is 364 g/mol. The van der Waals surface area contributed by atoms with Crippen LogP contribution >= 0.6 is 0 Å². The quantitative estimate of drug-likeness (QED) is 0.851. The Bertz CT molecular complexity index is 812. The molecule has 0 bridgehead atoms. The molecule has 0 aromatic carbocycles. The lowest BCUT2D eigenvalue weighted by Crippen LogP contribution is -2.10. The van der Waals surface area contributed by atoms with E-state index >= 15 is 0 Å². The molecule has 2 fully saturated rings. The Morgan fingerprint density at radius 2 is 1.96 bits per heavy atom. The number of alkyl halides is 2. The number of fused-ring (bicyclic) bond motifs is 1. The van der Waals surface area contributed by atoms with Gasteiger partial charge in [0.2, 0.25) is 0 Å². The van der Waals surface area contributed by atoms with E-state index in [1.807, 2.05) is 10.7 Å². The summed E-state index contributed by atoms with van der Waals surface area (Å²) in [5, 5.41) is 14.4. The summed E-state index contributed by atoms with van der Waals surface area (Å²) in [6, 6.07) is 3.61. The molecular formula is C18H22F2N4O2. The molecule has 26 heavy (non-hydrogen) atoms. The van der Waals surface area contributed by atoms with Crippen molar-refractivity contribution in [1.29, 1.82) is 0 Å². The van der Waals surface area contributed by atoms with E-state index in [4.69, 9.17) is 5.73 Å². The number of anilines is 1. The molecule has 4 rings (SSSR count). The number of ether oxygens (including phenoxy) is 1. The molecule has 0 amide bonds. The van der Waals surface area contributed by atoms with Crippen molar-refractivity contribution in [1.82, 2.24) is 14.8 Å². The molecule has 8 heteroatoms. The highest BCUT2D eigenvalue weighted by molar-refractivity contribution is 5.64. The Hall–Kier alpha value is -2.22. The summed E-state index contributed by atoms with van der Waals surface area (Å²) in [4.78, 5) is 3.96. The first-order valence-electron chi connectivity index (χ1n) is 8.83. The number of hydrogen-bond donors (Lipinski definition) is 2. The monoisotopic (exact) mass is 364 g/mol. The molecule has 2 aromatic heterocycles. The molecule has 2 heterocycles. The van der Waals surface area contributed by atoms with Crippen molar-refractivity contribution < 1.29 is 18.6 Å². The molecule has 0 radical (unpaired) electrons. The van der Waals surface area contributed by atoms with Gasteiger partial charge in [-0.25, -0.2) is 4.98 Å². The van der Waals surface area contributed by atoms with Crippen LogP contribution in [0.3, 0.4) is 0 Å². The number of aromatic nitrogens is 3. The Kier molecular flexibility index (Phi) is 4.10. The molecule has 140 valence electrons. The first kappa shape index (κ1) is 17.2. The summed E-state index contributed by atoms with van der Waals surface area (Å²) in [6.07, 6.45) is 3.00. The van der Waals surface area contributed by atoms with E-state index in [1.165, 1.54) is 12.3 Å². The minimum atomic E-state index is -2.96. The Balaban J connectivity index is 1.67. The minimum Gasteiger partial charge on any atom is -0.431 e. The summed E-state index contributed by atoms with van der Waals surface area (Å²) < 4.78 is 31.5. The van der Waals surface area contributed by atoms with Gasteiger partial charge in [-0.1, -0.05) is 0 Å². The van der Waals surface area contributed by atoms with Crippen LogP contribution in [0.25, 0.3) is 11.3 Å². The van der Waals surface area contributed by atoms with E-state index in [0.29, 0.717) is 29.0 Å². The van der Waals surface area contributed by atoms with Gasteiger partial charge in [0, 0.05) is 29.4 Å². The number of aliphatic hydroxyl groups is 1. The fraction of sp³-hybridized carbons (Fsp3) is 0.556. The molecule has 0 saturated heterocycles. The van der Waals surface area contributed by atoms with Crippen molar-refractivity contribution >= 4 is 5.82 Å². The van der Waals surface area contributed by atoms with E-state index in [0.717, 1.165) is 18.5 Å². The number of aliphatic hydroxyl groups excluding tert-OH is 1. The summed E-state index contributed by atoms with van der Waals surface area (Å²) in [5.74, 6) is 1.19. The Morgan fingerprint density at radius 3 is 2.58 bits per heavy atom. The molecule has 2 saturated carbocycles. The highest BCUT2D eigenvalue weighted by Crippen LogP contribution is 2.63. The second kappa shape index (κ2) is 6.19. The topological polar surface area (TPSA) is 86.2 Å². The molecule has 2 aliphatic carbocycles. The van der Waals surface area contributed by atoms with Gasteiger partial charge in [0.25, 0.3) is 0 Å². The second-order valence-corrected chi connectivity index (χ2v) is 7.46. The SMILES string of the molecule is CC(C)n1nc(-c2cnc(N)c(OC(F)F)c2)cc1[C@@H]1[C@@H]2C[C@@H](O)C[C@@H]21. The predicted octanol–water partition coefficient (Wildman–Crippen LogP) is 3.19. The van der Waals surface area contributed by atoms with Crippen molar-refractivity contribution in [3.05, 3.63) is 24.0 Å². The van der Waals surface area contributed by atoms with Gasteiger partial charge in [0.05, 0.1) is 11.8 Å². The standard InChI is InChI=1S/C18H22F2N4O2/c1-8(2)24-14(16-11-4-10(25)5-12(11)16)6-13(23-24)9-3-15(26-18(19)20)17(21)22-7-9/h3,6-8,10-12,16,18,25H,4-5H2,1-2H3,(H2,21,22)/t10-,11-,12+,16-. The molecule has 4 atom stereocenters. The molecule has 6 nitrogen and oxygen atoms in total. The number of nitrogens with zero attached hydrogens (tertiary/aromatic N) is 3. The Morgan fingerprint density at radius 1 is 1.27 bits per heavy atom. The van der Waals surface area contributed by atoms with E-state index in [2.05, 4.69) is 28.7 Å². The summed E-state index contributed by atoms with van der Waals surface area (Å²) in [5.41, 5.74) is 7.99. The molecule has 2 aromatic rings. The van der Waals surface area contributed by atoms with E-state index in [9.17, 15) is 13.9 Å². The van der Waals surface area contributed by atoms with Crippen molar-refractivity contribution in [3.8, 4) is 17.0 Å². The van der Waals surface area contributed by atoms with Crippen molar-refractivity contribution in [3.63, 3.8) is 0 Å². The maximum Gasteiger partial charge on any atom is 0.387 e. The van der Waals surface area contributed by atoms with Crippen LogP contribution in [0, 0.1) is 11.8 Å². The van der Waals surface area contributed by atoms with Crippen LogP contribution in [0.1, 0.15) is 44.3 Å². The van der Waals surface area contributed by atoms with Crippen LogP contribution in [0.5, 0.6) is 5.75 Å². The smallest absolute Gasteiger partial charge is 0.387 e. The maximum absolute atomic E-state index is 12.5. The summed E-state index contributed by atoms with van der Waals surface area (Å²) in [6.45, 7) is 1.15. The highest BCUT2D eigenvalue weighted by Gasteiger charge is 2.57. The van der Waals surface area contributed by atoms with Gasteiger partial charge in [-0.3, -0.25) is 4.68 Å². The normalized spacial score (nSPS) is 27.2. The van der Waals surface area contributed by atoms with Gasteiger partial charge in [0.15, 0.2) is 11.6 Å². The predicted molar refractivity (Wildman–Crippen MR) is 91.8 cm³/mol. The Labute approximate surface area is 150 Å². The second-order valence-electron chi connectivity index (χ2n) is 7.46. The number of nitrogen functional groups attached to an aromatic ring is 1. The fourth-order valence-electron chi connectivity index (χ4n) is 4.25. The number of pyridine rings is 1. The van der Waals surface area contributed by atoms with Crippen molar-refractivity contribution in [2.45, 2.75) is 51.4 Å². The van der Waals surface area contributed by atoms with Crippen molar-refractivity contribution in [2.24, 2.45) is 11.8 Å². The highest BCUT2D eigenvalue weighted by atomic mass is 19.3. The first-order chi connectivity index (χ1) is 12.3. The first-order valence-corrected chi connectivity index (χ1v) is 8.83. The zero-order valence-electron chi connectivity index (χ0n) is 14.6. The third-order valence-corrected chi connectivity index (χ3v) is 5.41. The number of nitrogens with two attached hydrogens (primary N) is 1. The lowest BCUT2D eigenvalue weighted by Gasteiger charge is -2.13. The summed E-state index contributed by atoms with van der Waals surface area (Å²) >= 11 is 0. The molecular weight excluding hydrogens is 342 g/mol. The van der Waals surface area contributed by atoms with Gasteiger partial charge < -0.3 is 15.6 Å². The number of halogens is 2. The van der Waals surface area contributed by atoms with Gasteiger partial charge in [-0.2, -0.15) is 13.9 Å². The van der Waals surface area contributed by atoms with Crippen LogP contribution < -0.4 is 10.5 Å². The van der Waals surface area contributed by atoms with Gasteiger partial charge in [-0.15, -0.1) is 0 Å². The zero-order chi connectivity index (χ0) is 18.6. The minimum absolute atomic E-state index is 0.0803. The third-order valence-electron chi connectivity index (χ3n) is 5.41. The lowest BCUT2D eigenvalue weighted by atomic mass is 10.1. The molecule has 0 spiro atoms. The average Bonchev–Trinajstić information content (AvgIpc) is 2.94. The lowest BCUT2D eigenvalue weighted by molar-refractivity contribution is -0.0494. The van der Waals surface area contributed by atoms with Crippen LogP contribution in [0.2, 0.25) is 0 Å². The number of rotatable bonds is 5. The zero-order valence-corrected chi connectivity index (χ0v) is 14.6.